The van der Waals surface area contributed by atoms with Gasteiger partial charge in [0, 0.05) is 11.8 Å². The Balaban J connectivity index is 1.93. The summed E-state index contributed by atoms with van der Waals surface area (Å²) in [4.78, 5) is 16.3. The van der Waals surface area contributed by atoms with Crippen LogP contribution in [0.1, 0.15) is 35.8 Å². The predicted octanol–water partition coefficient (Wildman–Crippen LogP) is 3.58. The van der Waals surface area contributed by atoms with Crippen molar-refractivity contribution in [2.45, 2.75) is 19.9 Å². The number of hydrogen-bond donors (Lipinski definition) is 2. The number of anilines is 1. The topological polar surface area (TPSA) is 88.8 Å². The zero-order valence-corrected chi connectivity index (χ0v) is 14.8. The van der Waals surface area contributed by atoms with Crippen molar-refractivity contribution >= 4 is 29.0 Å². The molecule has 0 spiro atoms. The molecule has 3 aromatic rings. The van der Waals surface area contributed by atoms with Gasteiger partial charge in [-0.05, 0) is 32.0 Å². The van der Waals surface area contributed by atoms with Crippen LogP contribution in [0.25, 0.3) is 5.65 Å². The third kappa shape index (κ3) is 3.28. The van der Waals surface area contributed by atoms with E-state index in [0.29, 0.717) is 11.5 Å². The molecular formula is C17H16ClFN4O3. The normalized spacial score (nSPS) is 12.2. The number of phenols is 1. The highest BCUT2D eigenvalue weighted by molar-refractivity contribution is 6.31. The fourth-order valence-electron chi connectivity index (χ4n) is 2.56. The van der Waals surface area contributed by atoms with E-state index in [1.807, 2.05) is 0 Å². The van der Waals surface area contributed by atoms with Crippen molar-refractivity contribution in [1.82, 2.24) is 14.6 Å². The van der Waals surface area contributed by atoms with Crippen molar-refractivity contribution in [1.29, 1.82) is 0 Å². The van der Waals surface area contributed by atoms with E-state index in [1.165, 1.54) is 16.8 Å². The van der Waals surface area contributed by atoms with Gasteiger partial charge in [0.1, 0.15) is 22.9 Å². The number of esters is 1. The number of ether oxygens (including phenoxy) is 1. The number of benzene rings is 1. The van der Waals surface area contributed by atoms with Gasteiger partial charge in [-0.1, -0.05) is 11.6 Å². The highest BCUT2D eigenvalue weighted by Gasteiger charge is 2.19. The lowest BCUT2D eigenvalue weighted by Crippen LogP contribution is -2.11. The molecule has 0 saturated carbocycles. The summed E-state index contributed by atoms with van der Waals surface area (Å²) in [6.07, 6.45) is 3.00. The van der Waals surface area contributed by atoms with Crippen LogP contribution in [0, 0.1) is 5.82 Å². The number of rotatable bonds is 5. The summed E-state index contributed by atoms with van der Waals surface area (Å²) in [5, 5.41) is 16.9. The molecule has 9 heteroatoms. The molecule has 7 nitrogen and oxygen atoms in total. The number of aromatic nitrogens is 3. The van der Waals surface area contributed by atoms with Crippen molar-refractivity contribution < 1.29 is 19.0 Å². The fourth-order valence-corrected chi connectivity index (χ4v) is 2.89. The zero-order chi connectivity index (χ0) is 18.8. The number of nitrogens with zero attached hydrogens (tertiary/aromatic N) is 3. The Bertz CT molecular complexity index is 976. The van der Waals surface area contributed by atoms with Crippen LogP contribution in [0.2, 0.25) is 5.02 Å². The van der Waals surface area contributed by atoms with Gasteiger partial charge in [-0.2, -0.15) is 5.10 Å². The predicted molar refractivity (Wildman–Crippen MR) is 94.1 cm³/mol. The first kappa shape index (κ1) is 17.9. The van der Waals surface area contributed by atoms with Gasteiger partial charge < -0.3 is 15.2 Å². The Morgan fingerprint density at radius 3 is 2.96 bits per heavy atom. The SMILES string of the molecule is CCOC(=O)c1cnn2ccc(NC(C)c3c(O)ccc(F)c3Cl)nc12. The van der Waals surface area contributed by atoms with Gasteiger partial charge in [0.05, 0.1) is 23.9 Å². The molecule has 3 rings (SSSR count). The van der Waals surface area contributed by atoms with Crippen LogP contribution in [0.15, 0.2) is 30.6 Å². The third-order valence-electron chi connectivity index (χ3n) is 3.77. The van der Waals surface area contributed by atoms with Crippen LogP contribution >= 0.6 is 11.6 Å². The van der Waals surface area contributed by atoms with E-state index in [4.69, 9.17) is 16.3 Å². The first-order valence-electron chi connectivity index (χ1n) is 7.87. The second-order valence-corrected chi connectivity index (χ2v) is 5.90. The standard InChI is InChI=1S/C17H16ClFN4O3/c1-3-26-17(25)10-8-20-23-7-6-13(22-16(10)23)21-9(2)14-12(24)5-4-11(19)15(14)18/h4-9,24H,3H2,1-2H3,(H,21,22). The van der Waals surface area contributed by atoms with E-state index >= 15 is 0 Å². The number of fused-ring (bicyclic) bond motifs is 1. The summed E-state index contributed by atoms with van der Waals surface area (Å²) in [5.41, 5.74) is 0.762. The van der Waals surface area contributed by atoms with Gasteiger partial charge in [0.15, 0.2) is 5.65 Å². The zero-order valence-electron chi connectivity index (χ0n) is 14.0. The van der Waals surface area contributed by atoms with E-state index in [9.17, 15) is 14.3 Å². The molecule has 0 radical (unpaired) electrons. The second kappa shape index (κ2) is 7.17. The maximum atomic E-state index is 13.7. The van der Waals surface area contributed by atoms with E-state index in [0.717, 1.165) is 6.07 Å². The van der Waals surface area contributed by atoms with Gasteiger partial charge in [0.25, 0.3) is 0 Å². The Morgan fingerprint density at radius 1 is 1.46 bits per heavy atom. The van der Waals surface area contributed by atoms with E-state index in [1.54, 1.807) is 26.1 Å². The molecule has 0 saturated heterocycles. The maximum Gasteiger partial charge on any atom is 0.343 e. The van der Waals surface area contributed by atoms with Crippen molar-refractivity contribution in [3.05, 3.63) is 52.6 Å². The summed E-state index contributed by atoms with van der Waals surface area (Å²) < 4.78 is 20.1. The molecule has 1 atom stereocenters. The summed E-state index contributed by atoms with van der Waals surface area (Å²) in [6.45, 7) is 3.65. The van der Waals surface area contributed by atoms with Crippen LogP contribution in [-0.2, 0) is 4.74 Å². The lowest BCUT2D eigenvalue weighted by Gasteiger charge is -2.18. The number of nitrogens with one attached hydrogen (secondary N) is 1. The molecule has 0 aliphatic heterocycles. The molecule has 0 fully saturated rings. The van der Waals surface area contributed by atoms with Crippen LogP contribution in [-0.4, -0.2) is 32.3 Å². The van der Waals surface area contributed by atoms with Gasteiger partial charge in [-0.15, -0.1) is 0 Å². The lowest BCUT2D eigenvalue weighted by atomic mass is 10.1. The average molecular weight is 379 g/mol. The minimum Gasteiger partial charge on any atom is -0.508 e. The Hall–Kier alpha value is -2.87. The summed E-state index contributed by atoms with van der Waals surface area (Å²) in [6, 6.07) is 3.43. The number of carbonyl (C=O) groups excluding carboxylic acids is 1. The molecule has 0 amide bonds. The molecule has 0 aliphatic rings. The monoisotopic (exact) mass is 378 g/mol. The maximum absolute atomic E-state index is 13.7. The Morgan fingerprint density at radius 2 is 2.23 bits per heavy atom. The van der Waals surface area contributed by atoms with Gasteiger partial charge in [0.2, 0.25) is 0 Å². The number of carbonyl (C=O) groups is 1. The molecule has 26 heavy (non-hydrogen) atoms. The highest BCUT2D eigenvalue weighted by atomic mass is 35.5. The van der Waals surface area contributed by atoms with Crippen LogP contribution in [0.4, 0.5) is 10.2 Å². The van der Waals surface area contributed by atoms with Gasteiger partial charge in [-0.3, -0.25) is 0 Å². The van der Waals surface area contributed by atoms with Crippen LogP contribution in [0.3, 0.4) is 0 Å². The largest absolute Gasteiger partial charge is 0.508 e. The number of aromatic hydroxyl groups is 1. The third-order valence-corrected chi connectivity index (χ3v) is 4.16. The van der Waals surface area contributed by atoms with E-state index in [-0.39, 0.29) is 28.5 Å². The van der Waals surface area contributed by atoms with E-state index < -0.39 is 17.8 Å². The van der Waals surface area contributed by atoms with Crippen molar-refractivity contribution in [2.75, 3.05) is 11.9 Å². The molecule has 2 N–H and O–H groups in total. The number of halogens is 2. The fraction of sp³-hybridized carbons (Fsp3) is 0.235. The van der Waals surface area contributed by atoms with Crippen LogP contribution < -0.4 is 5.32 Å². The number of hydrogen-bond acceptors (Lipinski definition) is 6. The molecule has 0 aliphatic carbocycles. The molecule has 0 bridgehead atoms. The minimum atomic E-state index is -0.628. The molecular weight excluding hydrogens is 363 g/mol. The molecule has 1 aromatic carbocycles. The second-order valence-electron chi connectivity index (χ2n) is 5.52. The molecule has 2 aromatic heterocycles. The Labute approximate surface area is 153 Å². The Kier molecular flexibility index (Phi) is 4.94. The quantitative estimate of drug-likeness (QED) is 0.660. The van der Waals surface area contributed by atoms with Crippen molar-refractivity contribution in [3.8, 4) is 5.75 Å². The van der Waals surface area contributed by atoms with E-state index in [2.05, 4.69) is 15.4 Å². The summed E-state index contributed by atoms with van der Waals surface area (Å²) in [5.74, 6) is -0.882. The van der Waals surface area contributed by atoms with Gasteiger partial charge >= 0.3 is 5.97 Å². The molecule has 1 unspecified atom stereocenters. The highest BCUT2D eigenvalue weighted by Crippen LogP contribution is 2.34. The van der Waals surface area contributed by atoms with Crippen molar-refractivity contribution in [2.24, 2.45) is 0 Å². The molecule has 136 valence electrons. The lowest BCUT2D eigenvalue weighted by molar-refractivity contribution is 0.0528. The van der Waals surface area contributed by atoms with Crippen LogP contribution in [0.5, 0.6) is 5.75 Å². The summed E-state index contributed by atoms with van der Waals surface area (Å²) >= 11 is 5.97. The summed E-state index contributed by atoms with van der Waals surface area (Å²) in [7, 11) is 0. The first-order valence-corrected chi connectivity index (χ1v) is 8.25. The minimum absolute atomic E-state index is 0.131. The number of phenolic OH excluding ortho intramolecular Hbond substituents is 1. The smallest absolute Gasteiger partial charge is 0.343 e. The molecule has 2 heterocycles. The first-order chi connectivity index (χ1) is 12.4. The van der Waals surface area contributed by atoms with Crippen molar-refractivity contribution in [3.63, 3.8) is 0 Å². The average Bonchev–Trinajstić information content (AvgIpc) is 3.02. The van der Waals surface area contributed by atoms with Gasteiger partial charge in [-0.25, -0.2) is 18.7 Å².